The maximum Gasteiger partial charge on any atom is 0.326 e. The van der Waals surface area contributed by atoms with Gasteiger partial charge in [-0.1, -0.05) is 24.3 Å². The Bertz CT molecular complexity index is 626. The second-order valence-electron chi connectivity index (χ2n) is 6.76. The Balaban J connectivity index is 1.65. The Kier molecular flexibility index (Phi) is 5.71. The van der Waals surface area contributed by atoms with E-state index in [-0.39, 0.29) is 12.0 Å². The van der Waals surface area contributed by atoms with Gasteiger partial charge >= 0.3 is 5.97 Å². The molecule has 0 aliphatic carbocycles. The van der Waals surface area contributed by atoms with Crippen LogP contribution >= 0.6 is 0 Å². The van der Waals surface area contributed by atoms with Gasteiger partial charge in [0.2, 0.25) is 0 Å². The van der Waals surface area contributed by atoms with Crippen LogP contribution in [0.15, 0.2) is 24.3 Å². The number of carboxylic acid groups (broad SMARTS) is 1. The summed E-state index contributed by atoms with van der Waals surface area (Å²) in [6.45, 7) is 3.10. The summed E-state index contributed by atoms with van der Waals surface area (Å²) in [6.07, 6.45) is 2.79. The first-order chi connectivity index (χ1) is 12.1. The fourth-order valence-corrected chi connectivity index (χ4v) is 3.47. The number of ether oxygens (including phenoxy) is 2. The van der Waals surface area contributed by atoms with Gasteiger partial charge in [0, 0.05) is 19.6 Å². The molecule has 3 atom stereocenters. The van der Waals surface area contributed by atoms with Crippen molar-refractivity contribution >= 4 is 11.9 Å². The average Bonchev–Trinajstić information content (AvgIpc) is 2.65. The molecule has 3 rings (SSSR count). The van der Waals surface area contributed by atoms with Crippen LogP contribution in [0.3, 0.4) is 0 Å². The molecule has 0 bridgehead atoms. The molecule has 2 heterocycles. The first-order valence-corrected chi connectivity index (χ1v) is 8.89. The highest BCUT2D eigenvalue weighted by atomic mass is 16.5. The molecule has 1 saturated heterocycles. The summed E-state index contributed by atoms with van der Waals surface area (Å²) in [7, 11) is 0. The summed E-state index contributed by atoms with van der Waals surface area (Å²) >= 11 is 0. The molecule has 6 heteroatoms. The Hall–Kier alpha value is -1.92. The van der Waals surface area contributed by atoms with Crippen molar-refractivity contribution in [3.05, 3.63) is 35.4 Å². The van der Waals surface area contributed by atoms with Gasteiger partial charge in [-0.3, -0.25) is 4.79 Å². The number of fused-ring (bicyclic) bond motifs is 1. The van der Waals surface area contributed by atoms with Gasteiger partial charge in [0.15, 0.2) is 0 Å². The number of benzene rings is 1. The Morgan fingerprint density at radius 3 is 2.76 bits per heavy atom. The lowest BCUT2D eigenvalue weighted by Crippen LogP contribution is -2.52. The highest BCUT2D eigenvalue weighted by Gasteiger charge is 2.36. The molecule has 2 aliphatic rings. The number of nitrogens with zero attached hydrogens (tertiary/aromatic N) is 1. The zero-order chi connectivity index (χ0) is 17.8. The van der Waals surface area contributed by atoms with Crippen LogP contribution in [0.4, 0.5) is 0 Å². The van der Waals surface area contributed by atoms with Crippen molar-refractivity contribution in [2.75, 3.05) is 13.2 Å². The molecule has 6 nitrogen and oxygen atoms in total. The molecule has 1 amide bonds. The van der Waals surface area contributed by atoms with E-state index in [2.05, 4.69) is 0 Å². The third-order valence-corrected chi connectivity index (χ3v) is 4.97. The van der Waals surface area contributed by atoms with Gasteiger partial charge < -0.3 is 19.5 Å². The SMILES string of the molecule is C[C@H](OC[C@@H]1CCCCO1)C(=O)N1Cc2ccccc2C[C@H]1C(=O)O. The van der Waals surface area contributed by atoms with Crippen LogP contribution in [0.25, 0.3) is 0 Å². The van der Waals surface area contributed by atoms with Gasteiger partial charge in [0.05, 0.1) is 12.7 Å². The Morgan fingerprint density at radius 2 is 2.08 bits per heavy atom. The number of carbonyl (C=O) groups is 2. The minimum atomic E-state index is -0.981. The normalized spacial score (nSPS) is 24.4. The number of aliphatic carboxylic acids is 1. The number of carbonyl (C=O) groups excluding carboxylic acids is 1. The van der Waals surface area contributed by atoms with Crippen LogP contribution in [0.1, 0.15) is 37.3 Å². The maximum absolute atomic E-state index is 12.8. The number of amides is 1. The number of hydrogen-bond acceptors (Lipinski definition) is 4. The first kappa shape index (κ1) is 17.9. The van der Waals surface area contributed by atoms with Crippen LogP contribution in [-0.2, 0) is 32.0 Å². The molecular formula is C19H25NO5. The van der Waals surface area contributed by atoms with E-state index in [1.165, 1.54) is 4.90 Å². The van der Waals surface area contributed by atoms with Gasteiger partial charge in [-0.15, -0.1) is 0 Å². The molecule has 1 aromatic rings. The largest absolute Gasteiger partial charge is 0.480 e. The lowest BCUT2D eigenvalue weighted by molar-refractivity contribution is -0.158. The lowest BCUT2D eigenvalue weighted by Gasteiger charge is -2.36. The smallest absolute Gasteiger partial charge is 0.326 e. The van der Waals surface area contributed by atoms with Crippen LogP contribution < -0.4 is 0 Å². The standard InChI is InChI=1S/C19H25NO5/c1-13(25-12-16-8-4-5-9-24-16)18(21)20-11-15-7-3-2-6-14(15)10-17(20)19(22)23/h2-3,6-7,13,16-17H,4-5,8-12H2,1H3,(H,22,23)/t13-,16-,17-/m0/s1. The molecule has 0 saturated carbocycles. The third kappa shape index (κ3) is 4.19. The van der Waals surface area contributed by atoms with Crippen molar-refractivity contribution in [3.63, 3.8) is 0 Å². The lowest BCUT2D eigenvalue weighted by atomic mass is 9.93. The monoisotopic (exact) mass is 347 g/mol. The summed E-state index contributed by atoms with van der Waals surface area (Å²) in [5.74, 6) is -1.26. The van der Waals surface area contributed by atoms with Gasteiger partial charge in [-0.05, 0) is 37.3 Å². The van der Waals surface area contributed by atoms with Crippen LogP contribution in [0.2, 0.25) is 0 Å². The molecule has 1 N–H and O–H groups in total. The molecule has 1 fully saturated rings. The summed E-state index contributed by atoms with van der Waals surface area (Å²) < 4.78 is 11.3. The van der Waals surface area contributed by atoms with E-state index in [0.29, 0.717) is 19.6 Å². The summed E-state index contributed by atoms with van der Waals surface area (Å²) in [5, 5.41) is 9.54. The highest BCUT2D eigenvalue weighted by Crippen LogP contribution is 2.24. The first-order valence-electron chi connectivity index (χ1n) is 8.89. The van der Waals surface area contributed by atoms with E-state index >= 15 is 0 Å². The Labute approximate surface area is 147 Å². The van der Waals surface area contributed by atoms with Gasteiger partial charge in [-0.25, -0.2) is 4.79 Å². The fourth-order valence-electron chi connectivity index (χ4n) is 3.47. The zero-order valence-corrected chi connectivity index (χ0v) is 14.5. The van der Waals surface area contributed by atoms with Crippen LogP contribution in [0, 0.1) is 0 Å². The second-order valence-corrected chi connectivity index (χ2v) is 6.76. The van der Waals surface area contributed by atoms with Crippen LogP contribution in [-0.4, -0.2) is 53.3 Å². The molecule has 0 spiro atoms. The van der Waals surface area contributed by atoms with E-state index in [9.17, 15) is 14.7 Å². The highest BCUT2D eigenvalue weighted by molar-refractivity contribution is 5.87. The molecule has 25 heavy (non-hydrogen) atoms. The van der Waals surface area contributed by atoms with E-state index < -0.39 is 18.1 Å². The van der Waals surface area contributed by atoms with Crippen molar-refractivity contribution in [1.29, 1.82) is 0 Å². The summed E-state index contributed by atoms with van der Waals surface area (Å²) in [6, 6.07) is 6.82. The minimum Gasteiger partial charge on any atom is -0.480 e. The zero-order valence-electron chi connectivity index (χ0n) is 14.5. The van der Waals surface area contributed by atoms with Gasteiger partial charge in [-0.2, -0.15) is 0 Å². The van der Waals surface area contributed by atoms with Crippen molar-refractivity contribution in [2.24, 2.45) is 0 Å². The van der Waals surface area contributed by atoms with Gasteiger partial charge in [0.25, 0.3) is 5.91 Å². The number of carboxylic acids is 1. The average molecular weight is 347 g/mol. The topological polar surface area (TPSA) is 76.1 Å². The second kappa shape index (κ2) is 7.97. The maximum atomic E-state index is 12.8. The molecule has 2 aliphatic heterocycles. The van der Waals surface area contributed by atoms with Crippen molar-refractivity contribution in [3.8, 4) is 0 Å². The predicted octanol–water partition coefficient (Wildman–Crippen LogP) is 2.00. The predicted molar refractivity (Wildman–Crippen MR) is 91.1 cm³/mol. The minimum absolute atomic E-state index is 0.0290. The number of rotatable bonds is 5. The molecule has 0 unspecified atom stereocenters. The van der Waals surface area contributed by atoms with Crippen molar-refractivity contribution < 1.29 is 24.2 Å². The van der Waals surface area contributed by atoms with Gasteiger partial charge in [0.1, 0.15) is 12.1 Å². The molecular weight excluding hydrogens is 322 g/mol. The molecule has 136 valence electrons. The van der Waals surface area contributed by atoms with Crippen molar-refractivity contribution in [1.82, 2.24) is 4.90 Å². The fraction of sp³-hybridized carbons (Fsp3) is 0.579. The summed E-state index contributed by atoms with van der Waals surface area (Å²) in [4.78, 5) is 25.9. The molecule has 1 aromatic carbocycles. The Morgan fingerprint density at radius 1 is 1.32 bits per heavy atom. The van der Waals surface area contributed by atoms with E-state index in [1.807, 2.05) is 24.3 Å². The summed E-state index contributed by atoms with van der Waals surface area (Å²) in [5.41, 5.74) is 1.99. The molecule has 0 radical (unpaired) electrons. The van der Waals surface area contributed by atoms with Crippen LogP contribution in [0.5, 0.6) is 0 Å². The third-order valence-electron chi connectivity index (χ3n) is 4.97. The molecule has 0 aromatic heterocycles. The van der Waals surface area contributed by atoms with E-state index in [4.69, 9.17) is 9.47 Å². The van der Waals surface area contributed by atoms with E-state index in [0.717, 1.165) is 37.0 Å². The van der Waals surface area contributed by atoms with E-state index in [1.54, 1.807) is 6.92 Å². The van der Waals surface area contributed by atoms with Crippen molar-refractivity contribution in [2.45, 2.75) is 57.4 Å². The number of hydrogen-bond donors (Lipinski definition) is 1. The quantitative estimate of drug-likeness (QED) is 0.882.